The fraction of sp³-hybridized carbons (Fsp3) is 0.333. The Morgan fingerprint density at radius 3 is 2.45 bits per heavy atom. The molecule has 2 heteroatoms. The van der Waals surface area contributed by atoms with Crippen molar-refractivity contribution in [2.75, 3.05) is 4.90 Å². The molecular weight excluding hydrogens is 244 g/mol. The molecule has 0 radical (unpaired) electrons. The fourth-order valence-electron chi connectivity index (χ4n) is 3.12. The molecule has 3 rings (SSSR count). The summed E-state index contributed by atoms with van der Waals surface area (Å²) in [5.74, 6) is 0. The van der Waals surface area contributed by atoms with E-state index < -0.39 is 0 Å². The van der Waals surface area contributed by atoms with Crippen LogP contribution in [0.25, 0.3) is 10.8 Å². The van der Waals surface area contributed by atoms with Crippen LogP contribution in [0.1, 0.15) is 26.3 Å². The maximum Gasteiger partial charge on any atom is 0.103 e. The van der Waals surface area contributed by atoms with E-state index in [-0.39, 0.29) is 0 Å². The first-order valence-corrected chi connectivity index (χ1v) is 7.32. The molecule has 0 spiro atoms. The van der Waals surface area contributed by atoms with Crippen LogP contribution >= 0.6 is 0 Å². The van der Waals surface area contributed by atoms with Crippen molar-refractivity contribution >= 4 is 16.5 Å². The summed E-state index contributed by atoms with van der Waals surface area (Å²) in [6.45, 7) is 8.94. The van der Waals surface area contributed by atoms with Crippen LogP contribution in [-0.4, -0.2) is 17.1 Å². The van der Waals surface area contributed by atoms with Gasteiger partial charge in [-0.25, -0.2) is 0 Å². The van der Waals surface area contributed by atoms with Gasteiger partial charge in [-0.1, -0.05) is 30.3 Å². The van der Waals surface area contributed by atoms with Crippen LogP contribution in [0.4, 0.5) is 5.69 Å². The summed E-state index contributed by atoms with van der Waals surface area (Å²) in [6.07, 6.45) is 4.76. The summed E-state index contributed by atoms with van der Waals surface area (Å²) in [5.41, 5.74) is 2.65. The van der Waals surface area contributed by atoms with Crippen molar-refractivity contribution < 1.29 is 0 Å². The van der Waals surface area contributed by atoms with Crippen LogP contribution in [0.15, 0.2) is 48.8 Å². The highest BCUT2D eigenvalue weighted by atomic mass is 15.4. The second-order valence-corrected chi connectivity index (χ2v) is 5.81. The SMILES string of the molecule is Cc1c(N2C=CN(C(C)C)[C@@H]2C)ccc2ccccc12. The Morgan fingerprint density at radius 1 is 1.00 bits per heavy atom. The standard InChI is InChI=1S/C18H22N2/c1-13(2)19-11-12-20(15(19)4)18-10-9-16-7-5-6-8-17(16)14(18)3/h5-13,15H,1-4H3/t15-/m0/s1. The van der Waals surface area contributed by atoms with Gasteiger partial charge in [-0.15, -0.1) is 0 Å². The Labute approximate surface area is 121 Å². The fourth-order valence-corrected chi connectivity index (χ4v) is 3.12. The monoisotopic (exact) mass is 266 g/mol. The van der Waals surface area contributed by atoms with Crippen molar-refractivity contribution in [1.29, 1.82) is 0 Å². The number of benzene rings is 2. The lowest BCUT2D eigenvalue weighted by Gasteiger charge is -2.33. The molecule has 104 valence electrons. The molecule has 0 N–H and O–H groups in total. The second kappa shape index (κ2) is 4.86. The maximum absolute atomic E-state index is 2.38. The average Bonchev–Trinajstić information content (AvgIpc) is 2.81. The van der Waals surface area contributed by atoms with Crippen molar-refractivity contribution in [3.8, 4) is 0 Å². The van der Waals surface area contributed by atoms with E-state index in [0.29, 0.717) is 12.2 Å². The van der Waals surface area contributed by atoms with Crippen molar-refractivity contribution in [1.82, 2.24) is 4.90 Å². The first-order chi connectivity index (χ1) is 9.59. The first-order valence-electron chi connectivity index (χ1n) is 7.32. The zero-order valence-corrected chi connectivity index (χ0v) is 12.7. The first kappa shape index (κ1) is 13.0. The molecular formula is C18H22N2. The normalized spacial score (nSPS) is 18.6. The highest BCUT2D eigenvalue weighted by Gasteiger charge is 2.25. The van der Waals surface area contributed by atoms with Gasteiger partial charge in [-0.3, -0.25) is 0 Å². The summed E-state index contributed by atoms with van der Waals surface area (Å²) in [7, 11) is 0. The molecule has 1 aliphatic heterocycles. The number of aryl methyl sites for hydroxylation is 1. The van der Waals surface area contributed by atoms with E-state index in [4.69, 9.17) is 0 Å². The molecule has 0 bridgehead atoms. The van der Waals surface area contributed by atoms with Crippen LogP contribution < -0.4 is 4.90 Å². The summed E-state index contributed by atoms with van der Waals surface area (Å²) >= 11 is 0. The average molecular weight is 266 g/mol. The lowest BCUT2D eigenvalue weighted by atomic mass is 10.0. The van der Waals surface area contributed by atoms with Crippen LogP contribution in [-0.2, 0) is 0 Å². The van der Waals surface area contributed by atoms with Gasteiger partial charge in [0.25, 0.3) is 0 Å². The van der Waals surface area contributed by atoms with Crippen LogP contribution in [0, 0.1) is 6.92 Å². The number of rotatable bonds is 2. The summed E-state index contributed by atoms with van der Waals surface area (Å²) < 4.78 is 0. The van der Waals surface area contributed by atoms with Gasteiger partial charge in [-0.2, -0.15) is 0 Å². The highest BCUT2D eigenvalue weighted by molar-refractivity contribution is 5.90. The maximum atomic E-state index is 2.38. The summed E-state index contributed by atoms with van der Waals surface area (Å²) in [4.78, 5) is 4.75. The molecule has 1 aliphatic rings. The molecule has 0 aliphatic carbocycles. The molecule has 1 atom stereocenters. The lowest BCUT2D eigenvalue weighted by molar-refractivity contribution is 0.263. The third-order valence-electron chi connectivity index (χ3n) is 4.28. The summed E-state index contributed by atoms with van der Waals surface area (Å²) in [6, 6.07) is 13.6. The Bertz CT molecular complexity index is 658. The van der Waals surface area contributed by atoms with Crippen molar-refractivity contribution in [3.63, 3.8) is 0 Å². The number of fused-ring (bicyclic) bond motifs is 1. The molecule has 0 saturated carbocycles. The second-order valence-electron chi connectivity index (χ2n) is 5.81. The molecule has 0 amide bonds. The molecule has 0 unspecified atom stereocenters. The van der Waals surface area contributed by atoms with Crippen molar-refractivity contribution in [2.45, 2.75) is 39.9 Å². The van der Waals surface area contributed by atoms with Crippen molar-refractivity contribution in [3.05, 3.63) is 54.4 Å². The molecule has 1 heterocycles. The Balaban J connectivity index is 2.04. The van der Waals surface area contributed by atoms with Crippen LogP contribution in [0.5, 0.6) is 0 Å². The van der Waals surface area contributed by atoms with E-state index >= 15 is 0 Å². The van der Waals surface area contributed by atoms with Gasteiger partial charge >= 0.3 is 0 Å². The zero-order valence-electron chi connectivity index (χ0n) is 12.7. The smallest absolute Gasteiger partial charge is 0.103 e. The van der Waals surface area contributed by atoms with Gasteiger partial charge in [0.1, 0.15) is 6.17 Å². The molecule has 2 aromatic rings. The van der Waals surface area contributed by atoms with Gasteiger partial charge < -0.3 is 9.80 Å². The number of nitrogens with zero attached hydrogens (tertiary/aromatic N) is 2. The Hall–Kier alpha value is -1.96. The van der Waals surface area contributed by atoms with E-state index in [1.807, 2.05) is 0 Å². The van der Waals surface area contributed by atoms with Gasteiger partial charge in [-0.05, 0) is 50.1 Å². The summed E-state index contributed by atoms with van der Waals surface area (Å²) in [5, 5.41) is 2.65. The highest BCUT2D eigenvalue weighted by Crippen LogP contribution is 2.32. The van der Waals surface area contributed by atoms with Crippen LogP contribution in [0.3, 0.4) is 0 Å². The van der Waals surface area contributed by atoms with Gasteiger partial charge in [0.15, 0.2) is 0 Å². The molecule has 0 fully saturated rings. The van der Waals surface area contributed by atoms with Gasteiger partial charge in [0, 0.05) is 24.1 Å². The topological polar surface area (TPSA) is 6.48 Å². The van der Waals surface area contributed by atoms with Crippen molar-refractivity contribution in [2.24, 2.45) is 0 Å². The minimum atomic E-state index is 0.370. The molecule has 0 aromatic heterocycles. The molecule has 2 nitrogen and oxygen atoms in total. The molecule has 0 saturated heterocycles. The minimum absolute atomic E-state index is 0.370. The predicted molar refractivity (Wildman–Crippen MR) is 86.7 cm³/mol. The van der Waals surface area contributed by atoms with E-state index in [9.17, 15) is 0 Å². The third-order valence-corrected chi connectivity index (χ3v) is 4.28. The van der Waals surface area contributed by atoms with Gasteiger partial charge in [0.2, 0.25) is 0 Å². The van der Waals surface area contributed by atoms with E-state index in [0.717, 1.165) is 0 Å². The Kier molecular flexibility index (Phi) is 3.17. The minimum Gasteiger partial charge on any atom is -0.353 e. The van der Waals surface area contributed by atoms with Crippen LogP contribution in [0.2, 0.25) is 0 Å². The lowest BCUT2D eigenvalue weighted by Crippen LogP contribution is -2.39. The zero-order chi connectivity index (χ0) is 14.3. The third kappa shape index (κ3) is 1.96. The van der Waals surface area contributed by atoms with E-state index in [2.05, 4.69) is 86.3 Å². The largest absolute Gasteiger partial charge is 0.353 e. The Morgan fingerprint density at radius 2 is 1.75 bits per heavy atom. The predicted octanol–water partition coefficient (Wildman–Crippen LogP) is 4.50. The van der Waals surface area contributed by atoms with E-state index in [1.165, 1.54) is 22.0 Å². The number of hydrogen-bond acceptors (Lipinski definition) is 2. The number of anilines is 1. The van der Waals surface area contributed by atoms with E-state index in [1.54, 1.807) is 0 Å². The number of hydrogen-bond donors (Lipinski definition) is 0. The van der Waals surface area contributed by atoms with Gasteiger partial charge in [0.05, 0.1) is 0 Å². The molecule has 2 aromatic carbocycles. The molecule has 20 heavy (non-hydrogen) atoms. The quantitative estimate of drug-likeness (QED) is 0.790.